The number of aliphatic hydroxyl groups is 1. The Morgan fingerprint density at radius 2 is 1.95 bits per heavy atom. The van der Waals surface area contributed by atoms with E-state index in [0.29, 0.717) is 18.8 Å². The average Bonchev–Trinajstić information content (AvgIpc) is 2.50. The van der Waals surface area contributed by atoms with Gasteiger partial charge in [-0.05, 0) is 25.1 Å². The number of nitrogens with zero attached hydrogens (tertiary/aromatic N) is 1. The number of hydrogen-bond acceptors (Lipinski definition) is 5. The molecule has 3 N–H and O–H groups in total. The van der Waals surface area contributed by atoms with Crippen LogP contribution in [0, 0.1) is 6.92 Å². The number of nitrogens with one attached hydrogen (secondary N) is 1. The maximum atomic E-state index is 9.75. The number of aryl methyl sites for hydroxylation is 1. The molecule has 0 fully saturated rings. The number of ether oxygens (including phenoxy) is 1. The first-order valence-corrected chi connectivity index (χ1v) is 6.88. The van der Waals surface area contributed by atoms with Gasteiger partial charge >= 0.3 is 0 Å². The summed E-state index contributed by atoms with van der Waals surface area (Å²) in [6.45, 7) is 3.22. The summed E-state index contributed by atoms with van der Waals surface area (Å²) in [6.07, 6.45) is 0. The molecule has 0 unspecified atom stereocenters. The fourth-order valence-corrected chi connectivity index (χ4v) is 2.00. The monoisotopic (exact) mass is 288 g/mol. The molecule has 0 saturated heterocycles. The number of para-hydroxylation sites is 1. The molecule has 1 heterocycles. The van der Waals surface area contributed by atoms with Gasteiger partial charge in [0.05, 0.1) is 12.3 Å². The largest absolute Gasteiger partial charge is 0.506 e. The van der Waals surface area contributed by atoms with Crippen LogP contribution in [0.3, 0.4) is 0 Å². The summed E-state index contributed by atoms with van der Waals surface area (Å²) in [6, 6.07) is 11.1. The molecule has 2 aromatic rings. The first-order valence-electron chi connectivity index (χ1n) is 6.88. The van der Waals surface area contributed by atoms with Gasteiger partial charge in [-0.3, -0.25) is 4.98 Å². The quantitative estimate of drug-likeness (QED) is 0.724. The third-order valence-corrected chi connectivity index (χ3v) is 3.02. The Morgan fingerprint density at radius 3 is 2.76 bits per heavy atom. The third-order valence-electron chi connectivity index (χ3n) is 3.02. The zero-order chi connectivity index (χ0) is 15.1. The molecular formula is C16H20N2O3. The first kappa shape index (κ1) is 15.3. The summed E-state index contributed by atoms with van der Waals surface area (Å²) in [4.78, 5) is 4.30. The van der Waals surface area contributed by atoms with Gasteiger partial charge in [0, 0.05) is 24.3 Å². The number of aromatic nitrogens is 1. The molecule has 1 aromatic carbocycles. The van der Waals surface area contributed by atoms with Crippen LogP contribution in [0.4, 0.5) is 0 Å². The van der Waals surface area contributed by atoms with Gasteiger partial charge in [-0.1, -0.05) is 18.2 Å². The minimum absolute atomic E-state index is 0.0111. The fraction of sp³-hybridized carbons (Fsp3) is 0.312. The second-order valence-corrected chi connectivity index (χ2v) is 4.70. The van der Waals surface area contributed by atoms with Crippen LogP contribution in [0.2, 0.25) is 0 Å². The van der Waals surface area contributed by atoms with E-state index >= 15 is 0 Å². The molecule has 1 aromatic heterocycles. The molecular weight excluding hydrogens is 268 g/mol. The van der Waals surface area contributed by atoms with Crippen LogP contribution in [0.25, 0.3) is 0 Å². The van der Waals surface area contributed by atoms with Crippen molar-refractivity contribution in [3.8, 4) is 11.5 Å². The number of rotatable bonds is 7. The molecule has 0 radical (unpaired) electrons. The Morgan fingerprint density at radius 1 is 1.14 bits per heavy atom. The molecule has 112 valence electrons. The van der Waals surface area contributed by atoms with Crippen LogP contribution in [-0.4, -0.2) is 28.4 Å². The third kappa shape index (κ3) is 4.44. The lowest BCUT2D eigenvalue weighted by atomic mass is 10.2. The van der Waals surface area contributed by atoms with Crippen molar-refractivity contribution >= 4 is 0 Å². The number of benzene rings is 1. The topological polar surface area (TPSA) is 74.6 Å². The minimum Gasteiger partial charge on any atom is -0.506 e. The van der Waals surface area contributed by atoms with Gasteiger partial charge in [0.15, 0.2) is 0 Å². The summed E-state index contributed by atoms with van der Waals surface area (Å²) in [5.41, 5.74) is 2.50. The van der Waals surface area contributed by atoms with Crippen molar-refractivity contribution in [2.24, 2.45) is 0 Å². The van der Waals surface area contributed by atoms with E-state index in [0.717, 1.165) is 17.0 Å². The fourth-order valence-electron chi connectivity index (χ4n) is 2.00. The molecule has 0 aliphatic heterocycles. The van der Waals surface area contributed by atoms with Crippen LogP contribution in [0.15, 0.2) is 36.4 Å². The van der Waals surface area contributed by atoms with Crippen molar-refractivity contribution in [2.45, 2.75) is 20.0 Å². The lowest BCUT2D eigenvalue weighted by Gasteiger charge is -2.12. The molecule has 0 spiro atoms. The van der Waals surface area contributed by atoms with Crippen LogP contribution in [0.5, 0.6) is 11.5 Å². The van der Waals surface area contributed by atoms with Crippen LogP contribution in [0.1, 0.15) is 17.0 Å². The molecule has 2 rings (SSSR count). The molecule has 0 aliphatic rings. The number of aromatic hydroxyl groups is 1. The standard InChI is InChI=1S/C16H20N2O3/c1-12-6-7-15(20)14(18-12)11-17-10-13-4-2-3-5-16(13)21-9-8-19/h2-7,17,19-20H,8-11H2,1H3. The Labute approximate surface area is 124 Å². The number of hydrogen-bond donors (Lipinski definition) is 3. The van der Waals surface area contributed by atoms with Crippen LogP contribution >= 0.6 is 0 Å². The summed E-state index contributed by atoms with van der Waals surface area (Å²) in [5.74, 6) is 0.943. The van der Waals surface area contributed by atoms with Gasteiger partial charge in [0.2, 0.25) is 0 Å². The van der Waals surface area contributed by atoms with E-state index in [-0.39, 0.29) is 19.0 Å². The lowest BCUT2D eigenvalue weighted by molar-refractivity contribution is 0.200. The Hall–Kier alpha value is -2.11. The van der Waals surface area contributed by atoms with E-state index in [2.05, 4.69) is 10.3 Å². The Bertz CT molecular complexity index is 587. The van der Waals surface area contributed by atoms with E-state index in [1.54, 1.807) is 12.1 Å². The molecule has 0 saturated carbocycles. The first-order chi connectivity index (χ1) is 10.2. The maximum Gasteiger partial charge on any atom is 0.138 e. The summed E-state index contributed by atoms with van der Waals surface area (Å²) >= 11 is 0. The van der Waals surface area contributed by atoms with Crippen molar-refractivity contribution in [3.05, 3.63) is 53.3 Å². The Balaban J connectivity index is 1.95. The van der Waals surface area contributed by atoms with E-state index in [1.807, 2.05) is 31.2 Å². The second-order valence-electron chi connectivity index (χ2n) is 4.70. The van der Waals surface area contributed by atoms with Gasteiger partial charge in [0.1, 0.15) is 18.1 Å². The lowest BCUT2D eigenvalue weighted by Crippen LogP contribution is -2.15. The molecule has 21 heavy (non-hydrogen) atoms. The van der Waals surface area contributed by atoms with Gasteiger partial charge in [-0.25, -0.2) is 0 Å². The highest BCUT2D eigenvalue weighted by molar-refractivity contribution is 5.33. The van der Waals surface area contributed by atoms with E-state index in [9.17, 15) is 5.11 Å². The average molecular weight is 288 g/mol. The molecule has 0 bridgehead atoms. The Kier molecular flexibility index (Phi) is 5.54. The SMILES string of the molecule is Cc1ccc(O)c(CNCc2ccccc2OCCO)n1. The van der Waals surface area contributed by atoms with Crippen molar-refractivity contribution in [3.63, 3.8) is 0 Å². The summed E-state index contributed by atoms with van der Waals surface area (Å²) in [7, 11) is 0. The predicted molar refractivity (Wildman–Crippen MR) is 80.2 cm³/mol. The minimum atomic E-state index is -0.0111. The van der Waals surface area contributed by atoms with Crippen molar-refractivity contribution in [2.75, 3.05) is 13.2 Å². The smallest absolute Gasteiger partial charge is 0.138 e. The van der Waals surface area contributed by atoms with E-state index in [4.69, 9.17) is 9.84 Å². The molecule has 5 nitrogen and oxygen atoms in total. The van der Waals surface area contributed by atoms with Gasteiger partial charge in [-0.15, -0.1) is 0 Å². The highest BCUT2D eigenvalue weighted by atomic mass is 16.5. The predicted octanol–water partition coefficient (Wildman–Crippen LogP) is 1.76. The molecule has 0 atom stereocenters. The van der Waals surface area contributed by atoms with Crippen LogP contribution < -0.4 is 10.1 Å². The highest BCUT2D eigenvalue weighted by Gasteiger charge is 2.05. The second kappa shape index (κ2) is 7.61. The molecule has 5 heteroatoms. The molecule has 0 aliphatic carbocycles. The van der Waals surface area contributed by atoms with Crippen molar-refractivity contribution in [1.29, 1.82) is 0 Å². The van der Waals surface area contributed by atoms with Gasteiger partial charge in [-0.2, -0.15) is 0 Å². The van der Waals surface area contributed by atoms with Crippen molar-refractivity contribution < 1.29 is 14.9 Å². The van der Waals surface area contributed by atoms with E-state index < -0.39 is 0 Å². The highest BCUT2D eigenvalue weighted by Crippen LogP contribution is 2.18. The normalized spacial score (nSPS) is 10.6. The summed E-state index contributed by atoms with van der Waals surface area (Å²) in [5, 5.41) is 21.8. The van der Waals surface area contributed by atoms with Gasteiger partial charge < -0.3 is 20.3 Å². The van der Waals surface area contributed by atoms with E-state index in [1.165, 1.54) is 0 Å². The zero-order valence-corrected chi connectivity index (χ0v) is 12.0. The zero-order valence-electron chi connectivity index (χ0n) is 12.0. The number of pyridine rings is 1. The van der Waals surface area contributed by atoms with Gasteiger partial charge in [0.25, 0.3) is 0 Å². The summed E-state index contributed by atoms with van der Waals surface area (Å²) < 4.78 is 5.48. The molecule has 0 amide bonds. The van der Waals surface area contributed by atoms with Crippen molar-refractivity contribution in [1.82, 2.24) is 10.3 Å². The number of aliphatic hydroxyl groups excluding tert-OH is 1. The van der Waals surface area contributed by atoms with Crippen LogP contribution in [-0.2, 0) is 13.1 Å². The maximum absolute atomic E-state index is 9.75.